The summed E-state index contributed by atoms with van der Waals surface area (Å²) >= 11 is 1.52. The number of thiazole rings is 1. The molecule has 2 aromatic rings. The van der Waals surface area contributed by atoms with Gasteiger partial charge in [0.1, 0.15) is 6.10 Å². The van der Waals surface area contributed by atoms with Crippen LogP contribution in [-0.2, 0) is 16.0 Å². The Morgan fingerprint density at radius 2 is 2.47 bits per heavy atom. The second kappa shape index (κ2) is 5.27. The van der Waals surface area contributed by atoms with Gasteiger partial charge < -0.3 is 4.74 Å². The molecule has 1 saturated heterocycles. The van der Waals surface area contributed by atoms with Gasteiger partial charge in [-0.2, -0.15) is 0 Å². The lowest BCUT2D eigenvalue weighted by molar-refractivity contribution is -0.124. The maximum atomic E-state index is 11.9. The van der Waals surface area contributed by atoms with Crippen LogP contribution in [0.25, 0.3) is 10.2 Å². The molecule has 1 fully saturated rings. The van der Waals surface area contributed by atoms with Crippen molar-refractivity contribution in [3.8, 4) is 0 Å². The van der Waals surface area contributed by atoms with Crippen molar-refractivity contribution >= 4 is 32.6 Å². The summed E-state index contributed by atoms with van der Waals surface area (Å²) in [5.41, 5.74) is 2.22. The van der Waals surface area contributed by atoms with E-state index in [2.05, 4.69) is 29.4 Å². The topological polar surface area (TPSA) is 51.2 Å². The highest BCUT2D eigenvalue weighted by molar-refractivity contribution is 7.22. The Morgan fingerprint density at radius 3 is 3.21 bits per heavy atom. The van der Waals surface area contributed by atoms with Crippen molar-refractivity contribution in [3.63, 3.8) is 0 Å². The zero-order valence-corrected chi connectivity index (χ0v) is 11.6. The van der Waals surface area contributed by atoms with Crippen molar-refractivity contribution in [2.24, 2.45) is 0 Å². The fourth-order valence-electron chi connectivity index (χ4n) is 2.21. The first-order valence-electron chi connectivity index (χ1n) is 6.58. The number of benzene rings is 1. The molecule has 0 unspecified atom stereocenters. The van der Waals surface area contributed by atoms with E-state index in [-0.39, 0.29) is 12.0 Å². The van der Waals surface area contributed by atoms with Gasteiger partial charge in [0, 0.05) is 6.61 Å². The van der Waals surface area contributed by atoms with Crippen LogP contribution >= 0.6 is 11.3 Å². The van der Waals surface area contributed by atoms with Gasteiger partial charge in [-0.15, -0.1) is 0 Å². The molecule has 0 bridgehead atoms. The quantitative estimate of drug-likeness (QED) is 0.937. The molecule has 1 aromatic heterocycles. The van der Waals surface area contributed by atoms with Crippen LogP contribution < -0.4 is 5.32 Å². The lowest BCUT2D eigenvalue weighted by Crippen LogP contribution is -2.26. The molecule has 4 nitrogen and oxygen atoms in total. The van der Waals surface area contributed by atoms with Gasteiger partial charge in [-0.25, -0.2) is 4.98 Å². The molecule has 1 N–H and O–H groups in total. The van der Waals surface area contributed by atoms with Gasteiger partial charge in [0.15, 0.2) is 5.13 Å². The fourth-order valence-corrected chi connectivity index (χ4v) is 3.15. The SMILES string of the molecule is CCc1ccc2nc(NC(=O)[C@@H]3CCCO3)sc2c1. The summed E-state index contributed by atoms with van der Waals surface area (Å²) in [5, 5.41) is 3.51. The van der Waals surface area contributed by atoms with Gasteiger partial charge in [-0.05, 0) is 37.0 Å². The highest BCUT2D eigenvalue weighted by Gasteiger charge is 2.24. The number of aryl methyl sites for hydroxylation is 1. The Labute approximate surface area is 115 Å². The Hall–Kier alpha value is -1.46. The summed E-state index contributed by atoms with van der Waals surface area (Å²) in [6, 6.07) is 6.22. The lowest BCUT2D eigenvalue weighted by Gasteiger charge is -2.07. The monoisotopic (exact) mass is 276 g/mol. The van der Waals surface area contributed by atoms with Gasteiger partial charge in [-0.3, -0.25) is 10.1 Å². The minimum Gasteiger partial charge on any atom is -0.368 e. The predicted molar refractivity (Wildman–Crippen MR) is 76.6 cm³/mol. The van der Waals surface area contributed by atoms with E-state index >= 15 is 0 Å². The molecule has 1 aliphatic heterocycles. The normalized spacial score (nSPS) is 18.9. The number of carbonyl (C=O) groups is 1. The van der Waals surface area contributed by atoms with Crippen molar-refractivity contribution < 1.29 is 9.53 Å². The number of amides is 1. The summed E-state index contributed by atoms with van der Waals surface area (Å²) in [6.45, 7) is 2.81. The molecule has 1 amide bonds. The number of ether oxygens (including phenoxy) is 1. The molecule has 2 heterocycles. The average molecular weight is 276 g/mol. The molecular formula is C14H16N2O2S. The van der Waals surface area contributed by atoms with Crippen LogP contribution in [0.3, 0.4) is 0 Å². The van der Waals surface area contributed by atoms with Crippen LogP contribution in [0.2, 0.25) is 0 Å². The van der Waals surface area contributed by atoms with Crippen LogP contribution in [-0.4, -0.2) is 23.6 Å². The number of carbonyl (C=O) groups excluding carboxylic acids is 1. The van der Waals surface area contributed by atoms with Crippen LogP contribution in [0.4, 0.5) is 5.13 Å². The zero-order valence-electron chi connectivity index (χ0n) is 10.8. The van der Waals surface area contributed by atoms with E-state index in [4.69, 9.17) is 4.74 Å². The molecule has 3 rings (SSSR count). The zero-order chi connectivity index (χ0) is 13.2. The van der Waals surface area contributed by atoms with E-state index in [0.29, 0.717) is 11.7 Å². The van der Waals surface area contributed by atoms with E-state index in [9.17, 15) is 4.79 Å². The molecule has 1 aliphatic rings. The number of fused-ring (bicyclic) bond motifs is 1. The summed E-state index contributed by atoms with van der Waals surface area (Å²) < 4.78 is 6.48. The van der Waals surface area contributed by atoms with Gasteiger partial charge in [-0.1, -0.05) is 24.3 Å². The minimum atomic E-state index is -0.307. The van der Waals surface area contributed by atoms with E-state index in [1.807, 2.05) is 6.07 Å². The molecule has 0 aliphatic carbocycles. The number of nitrogens with one attached hydrogen (secondary N) is 1. The van der Waals surface area contributed by atoms with Crippen LogP contribution in [0.15, 0.2) is 18.2 Å². The van der Waals surface area contributed by atoms with Gasteiger partial charge >= 0.3 is 0 Å². The highest BCUT2D eigenvalue weighted by atomic mass is 32.1. The first kappa shape index (κ1) is 12.6. The number of anilines is 1. The third-order valence-corrected chi connectivity index (χ3v) is 4.25. The predicted octanol–water partition coefficient (Wildman–Crippen LogP) is 2.98. The molecule has 19 heavy (non-hydrogen) atoms. The summed E-state index contributed by atoms with van der Waals surface area (Å²) in [4.78, 5) is 16.4. The number of hydrogen-bond donors (Lipinski definition) is 1. The van der Waals surface area contributed by atoms with Crippen molar-refractivity contribution in [3.05, 3.63) is 23.8 Å². The Bertz CT molecular complexity index is 603. The van der Waals surface area contributed by atoms with Gasteiger partial charge in [0.05, 0.1) is 10.2 Å². The van der Waals surface area contributed by atoms with Crippen molar-refractivity contribution in [1.29, 1.82) is 0 Å². The maximum absolute atomic E-state index is 11.9. The largest absolute Gasteiger partial charge is 0.368 e. The molecule has 0 radical (unpaired) electrons. The average Bonchev–Trinajstić information content (AvgIpc) is 3.06. The standard InChI is InChI=1S/C14H16N2O2S/c1-2-9-5-6-10-12(8-9)19-14(15-10)16-13(17)11-4-3-7-18-11/h5-6,8,11H,2-4,7H2,1H3,(H,15,16,17)/t11-/m0/s1. The van der Waals surface area contributed by atoms with Crippen LogP contribution in [0, 0.1) is 0 Å². The van der Waals surface area contributed by atoms with E-state index < -0.39 is 0 Å². The smallest absolute Gasteiger partial charge is 0.255 e. The van der Waals surface area contributed by atoms with Crippen molar-refractivity contribution in [1.82, 2.24) is 4.98 Å². The molecule has 100 valence electrons. The maximum Gasteiger partial charge on any atom is 0.255 e. The minimum absolute atomic E-state index is 0.0766. The Balaban J connectivity index is 1.79. The van der Waals surface area contributed by atoms with Crippen LogP contribution in [0.5, 0.6) is 0 Å². The van der Waals surface area contributed by atoms with E-state index in [0.717, 1.165) is 29.5 Å². The molecule has 1 atom stereocenters. The summed E-state index contributed by atoms with van der Waals surface area (Å²) in [5.74, 6) is -0.0766. The molecule has 0 spiro atoms. The van der Waals surface area contributed by atoms with Gasteiger partial charge in [0.2, 0.25) is 0 Å². The summed E-state index contributed by atoms with van der Waals surface area (Å²) in [6.07, 6.45) is 2.46. The van der Waals surface area contributed by atoms with E-state index in [1.54, 1.807) is 0 Å². The Kier molecular flexibility index (Phi) is 3.48. The molecule has 5 heteroatoms. The number of rotatable bonds is 3. The van der Waals surface area contributed by atoms with Crippen LogP contribution in [0.1, 0.15) is 25.3 Å². The van der Waals surface area contributed by atoms with Crippen molar-refractivity contribution in [2.45, 2.75) is 32.3 Å². The third kappa shape index (κ3) is 2.62. The first-order chi connectivity index (χ1) is 9.26. The summed E-state index contributed by atoms with van der Waals surface area (Å²) in [7, 11) is 0. The first-order valence-corrected chi connectivity index (χ1v) is 7.40. The number of aromatic nitrogens is 1. The lowest BCUT2D eigenvalue weighted by atomic mass is 10.2. The second-order valence-electron chi connectivity index (χ2n) is 4.67. The van der Waals surface area contributed by atoms with Gasteiger partial charge in [0.25, 0.3) is 5.91 Å². The highest BCUT2D eigenvalue weighted by Crippen LogP contribution is 2.27. The molecular weight excluding hydrogens is 260 g/mol. The molecule has 1 aromatic carbocycles. The Morgan fingerprint density at radius 1 is 1.58 bits per heavy atom. The number of nitrogens with zero attached hydrogens (tertiary/aromatic N) is 1. The number of hydrogen-bond acceptors (Lipinski definition) is 4. The van der Waals surface area contributed by atoms with Crippen molar-refractivity contribution in [2.75, 3.05) is 11.9 Å². The van der Waals surface area contributed by atoms with E-state index in [1.165, 1.54) is 16.9 Å². The second-order valence-corrected chi connectivity index (χ2v) is 5.70. The molecule has 0 saturated carbocycles. The fraction of sp³-hybridized carbons (Fsp3) is 0.429. The third-order valence-electron chi connectivity index (χ3n) is 3.31.